The summed E-state index contributed by atoms with van der Waals surface area (Å²) in [6.45, 7) is 3.53. The van der Waals surface area contributed by atoms with Gasteiger partial charge in [0.1, 0.15) is 6.07 Å². The molecule has 0 saturated carbocycles. The number of aromatic nitrogens is 3. The fraction of sp³-hybridized carbons (Fsp3) is 0.211. The molecule has 0 amide bonds. The number of pyridine rings is 1. The number of nitriles is 1. The SMILES string of the molecule is Cc1cc(C)cc(S(=O)(=O)Cc2c(C#N)cnn2-c2ccc(C(F)(F)F)cn2)c1. The zero-order valence-electron chi connectivity index (χ0n) is 15.4. The maximum atomic E-state index is 12.9. The molecule has 3 rings (SSSR count). The Morgan fingerprint density at radius 1 is 1.10 bits per heavy atom. The van der Waals surface area contributed by atoms with Crippen LogP contribution in [0.25, 0.3) is 5.82 Å². The Morgan fingerprint density at radius 2 is 1.76 bits per heavy atom. The van der Waals surface area contributed by atoms with Gasteiger partial charge in [-0.15, -0.1) is 0 Å². The van der Waals surface area contributed by atoms with Gasteiger partial charge in [-0.3, -0.25) is 0 Å². The lowest BCUT2D eigenvalue weighted by Crippen LogP contribution is -2.13. The fourth-order valence-electron chi connectivity index (χ4n) is 2.86. The van der Waals surface area contributed by atoms with Crippen molar-refractivity contribution >= 4 is 9.84 Å². The topological polar surface area (TPSA) is 88.6 Å². The molecule has 0 aliphatic heterocycles. The molecule has 0 unspecified atom stereocenters. The van der Waals surface area contributed by atoms with Crippen LogP contribution < -0.4 is 0 Å². The van der Waals surface area contributed by atoms with E-state index in [1.165, 1.54) is 12.1 Å². The van der Waals surface area contributed by atoms with E-state index < -0.39 is 27.3 Å². The molecule has 6 nitrogen and oxygen atoms in total. The lowest BCUT2D eigenvalue weighted by Gasteiger charge is -2.11. The third kappa shape index (κ3) is 4.30. The zero-order chi connectivity index (χ0) is 21.4. The van der Waals surface area contributed by atoms with Crippen LogP contribution in [0.4, 0.5) is 13.2 Å². The van der Waals surface area contributed by atoms with Gasteiger partial charge in [0, 0.05) is 6.20 Å². The molecule has 0 atom stereocenters. The highest BCUT2D eigenvalue weighted by molar-refractivity contribution is 7.90. The van der Waals surface area contributed by atoms with Crippen LogP contribution in [-0.4, -0.2) is 23.2 Å². The monoisotopic (exact) mass is 420 g/mol. The van der Waals surface area contributed by atoms with Crippen molar-refractivity contribution in [2.75, 3.05) is 0 Å². The van der Waals surface area contributed by atoms with E-state index in [1.54, 1.807) is 13.8 Å². The van der Waals surface area contributed by atoms with Gasteiger partial charge in [-0.1, -0.05) is 6.07 Å². The van der Waals surface area contributed by atoms with Crippen LogP contribution in [0.15, 0.2) is 47.6 Å². The molecular weight excluding hydrogens is 405 g/mol. The van der Waals surface area contributed by atoms with Crippen molar-refractivity contribution in [1.82, 2.24) is 14.8 Å². The standard InChI is InChI=1S/C19H15F3N4O2S/c1-12-5-13(2)7-16(6-12)29(27,28)11-17-14(8-23)9-25-26(17)18-4-3-15(10-24-18)19(20,21)22/h3-7,9-10H,11H2,1-2H3. The lowest BCUT2D eigenvalue weighted by molar-refractivity contribution is -0.137. The number of aryl methyl sites for hydroxylation is 2. The highest BCUT2D eigenvalue weighted by atomic mass is 32.2. The minimum absolute atomic E-state index is 0.000326. The minimum atomic E-state index is -4.55. The van der Waals surface area contributed by atoms with Crippen LogP contribution in [0.2, 0.25) is 0 Å². The number of rotatable bonds is 4. The molecule has 3 aromatic rings. The maximum absolute atomic E-state index is 12.9. The van der Waals surface area contributed by atoms with Gasteiger partial charge in [0.05, 0.1) is 33.7 Å². The molecular formula is C19H15F3N4O2S. The quantitative estimate of drug-likeness (QED) is 0.641. The molecule has 10 heteroatoms. The molecule has 0 saturated heterocycles. The molecule has 0 radical (unpaired) electrons. The lowest BCUT2D eigenvalue weighted by atomic mass is 10.2. The number of alkyl halides is 3. The largest absolute Gasteiger partial charge is 0.417 e. The van der Waals surface area contributed by atoms with Crippen LogP contribution in [-0.2, 0) is 21.8 Å². The van der Waals surface area contributed by atoms with Crippen molar-refractivity contribution in [3.63, 3.8) is 0 Å². The third-order valence-electron chi connectivity index (χ3n) is 4.16. The molecule has 150 valence electrons. The van der Waals surface area contributed by atoms with Crippen LogP contribution in [0.3, 0.4) is 0 Å². The van der Waals surface area contributed by atoms with Gasteiger partial charge in [0.2, 0.25) is 0 Å². The Balaban J connectivity index is 2.05. The predicted molar refractivity (Wildman–Crippen MR) is 97.9 cm³/mol. The Morgan fingerprint density at radius 3 is 2.28 bits per heavy atom. The van der Waals surface area contributed by atoms with Crippen molar-refractivity contribution in [2.45, 2.75) is 30.7 Å². The van der Waals surface area contributed by atoms with E-state index in [1.807, 2.05) is 12.1 Å². The number of benzene rings is 1. The zero-order valence-corrected chi connectivity index (χ0v) is 16.2. The molecule has 2 heterocycles. The van der Waals surface area contributed by atoms with Gasteiger partial charge in [-0.25, -0.2) is 18.1 Å². The van der Waals surface area contributed by atoms with Crippen molar-refractivity contribution < 1.29 is 21.6 Å². The molecule has 0 fully saturated rings. The van der Waals surface area contributed by atoms with Gasteiger partial charge >= 0.3 is 6.18 Å². The molecule has 0 aliphatic rings. The Kier molecular flexibility index (Phi) is 5.19. The van der Waals surface area contributed by atoms with Gasteiger partial charge < -0.3 is 0 Å². The summed E-state index contributed by atoms with van der Waals surface area (Å²) in [6.07, 6.45) is -2.76. The highest BCUT2D eigenvalue weighted by Crippen LogP contribution is 2.29. The van der Waals surface area contributed by atoms with Crippen molar-refractivity contribution in [3.05, 3.63) is 70.7 Å². The third-order valence-corrected chi connectivity index (χ3v) is 5.77. The van der Waals surface area contributed by atoms with Gasteiger partial charge in [-0.05, 0) is 49.2 Å². The molecule has 1 aromatic carbocycles. The van der Waals surface area contributed by atoms with Crippen molar-refractivity contribution in [2.24, 2.45) is 0 Å². The Bertz CT molecular complexity index is 1190. The maximum Gasteiger partial charge on any atom is 0.417 e. The number of sulfone groups is 1. The summed E-state index contributed by atoms with van der Waals surface area (Å²) >= 11 is 0. The number of hydrogen-bond donors (Lipinski definition) is 0. The summed E-state index contributed by atoms with van der Waals surface area (Å²) in [6, 6.07) is 8.62. The molecule has 0 spiro atoms. The van der Waals surface area contributed by atoms with E-state index in [9.17, 15) is 26.9 Å². The molecule has 29 heavy (non-hydrogen) atoms. The first-order valence-electron chi connectivity index (χ1n) is 8.33. The predicted octanol–water partition coefficient (Wildman–Crippen LogP) is 3.75. The van der Waals surface area contributed by atoms with Gasteiger partial charge in [-0.2, -0.15) is 23.5 Å². The normalized spacial score (nSPS) is 12.0. The van der Waals surface area contributed by atoms with E-state index in [0.717, 1.165) is 34.1 Å². The molecule has 0 bridgehead atoms. The van der Waals surface area contributed by atoms with Gasteiger partial charge in [0.15, 0.2) is 15.7 Å². The van der Waals surface area contributed by atoms with E-state index in [0.29, 0.717) is 6.20 Å². The van der Waals surface area contributed by atoms with Crippen LogP contribution >= 0.6 is 0 Å². The summed E-state index contributed by atoms with van der Waals surface area (Å²) in [5.74, 6) is -0.577. The summed E-state index contributed by atoms with van der Waals surface area (Å²) in [5.41, 5.74) is 0.612. The second-order valence-electron chi connectivity index (χ2n) is 6.51. The second kappa shape index (κ2) is 7.33. The van der Waals surface area contributed by atoms with E-state index in [-0.39, 0.29) is 22.0 Å². The number of hydrogen-bond acceptors (Lipinski definition) is 5. The number of nitrogens with zero attached hydrogens (tertiary/aromatic N) is 4. The number of halogens is 3. The van der Waals surface area contributed by atoms with Crippen molar-refractivity contribution in [3.8, 4) is 11.9 Å². The summed E-state index contributed by atoms with van der Waals surface area (Å²) < 4.78 is 65.2. The molecule has 0 aliphatic carbocycles. The average molecular weight is 420 g/mol. The Hall–Kier alpha value is -3.19. The van der Waals surface area contributed by atoms with Crippen LogP contribution in [0.1, 0.15) is 27.9 Å². The van der Waals surface area contributed by atoms with Gasteiger partial charge in [0.25, 0.3) is 0 Å². The smallest absolute Gasteiger partial charge is 0.236 e. The summed E-state index contributed by atoms with van der Waals surface area (Å²) in [5, 5.41) is 13.3. The van der Waals surface area contributed by atoms with E-state index in [4.69, 9.17) is 0 Å². The molecule has 0 N–H and O–H groups in total. The van der Waals surface area contributed by atoms with Crippen LogP contribution in [0.5, 0.6) is 0 Å². The first-order chi connectivity index (χ1) is 13.5. The molecule has 2 aromatic heterocycles. The summed E-state index contributed by atoms with van der Waals surface area (Å²) in [7, 11) is -3.84. The fourth-order valence-corrected chi connectivity index (χ4v) is 4.39. The minimum Gasteiger partial charge on any atom is -0.236 e. The highest BCUT2D eigenvalue weighted by Gasteiger charge is 2.31. The van der Waals surface area contributed by atoms with E-state index in [2.05, 4.69) is 10.1 Å². The summed E-state index contributed by atoms with van der Waals surface area (Å²) in [4.78, 5) is 3.82. The first kappa shape index (κ1) is 20.5. The second-order valence-corrected chi connectivity index (χ2v) is 8.50. The first-order valence-corrected chi connectivity index (χ1v) is 9.98. The van der Waals surface area contributed by atoms with Crippen molar-refractivity contribution in [1.29, 1.82) is 5.26 Å². The van der Waals surface area contributed by atoms with Crippen LogP contribution in [0, 0.1) is 25.2 Å². The Labute approximate surface area is 165 Å². The average Bonchev–Trinajstić information content (AvgIpc) is 3.02. The van der Waals surface area contributed by atoms with E-state index >= 15 is 0 Å².